The number of pyridine rings is 1. The van der Waals surface area contributed by atoms with Gasteiger partial charge < -0.3 is 5.11 Å². The van der Waals surface area contributed by atoms with Crippen LogP contribution in [0.15, 0.2) is 48.8 Å². The standard InChI is InChI=1S/C14H12Cl3NO2/c15-14(16,17)8-10-4-1-2-6-13(10,12(19)20)11-5-3-7-18-9-11/h1-7,9-10H,8H2,(H,19,20). The van der Waals surface area contributed by atoms with E-state index in [9.17, 15) is 9.90 Å². The molecule has 2 atom stereocenters. The van der Waals surface area contributed by atoms with Gasteiger partial charge in [0.2, 0.25) is 0 Å². The summed E-state index contributed by atoms with van der Waals surface area (Å²) in [6, 6.07) is 3.41. The smallest absolute Gasteiger partial charge is 0.318 e. The summed E-state index contributed by atoms with van der Waals surface area (Å²) in [7, 11) is 0. The summed E-state index contributed by atoms with van der Waals surface area (Å²) in [5, 5.41) is 9.77. The Labute approximate surface area is 131 Å². The largest absolute Gasteiger partial charge is 0.480 e. The Balaban J connectivity index is 2.52. The van der Waals surface area contributed by atoms with Crippen molar-refractivity contribution >= 4 is 40.8 Å². The zero-order chi connectivity index (χ0) is 14.8. The first kappa shape index (κ1) is 15.4. The highest BCUT2D eigenvalue weighted by molar-refractivity contribution is 6.67. The number of carboxylic acid groups (broad SMARTS) is 1. The summed E-state index contributed by atoms with van der Waals surface area (Å²) in [6.45, 7) is 0. The second kappa shape index (κ2) is 5.76. The normalized spacial score (nSPS) is 25.6. The minimum absolute atomic E-state index is 0.0969. The quantitative estimate of drug-likeness (QED) is 0.854. The molecule has 1 aromatic rings. The minimum Gasteiger partial charge on any atom is -0.480 e. The average molecular weight is 333 g/mol. The summed E-state index contributed by atoms with van der Waals surface area (Å²) in [5.74, 6) is -1.47. The number of hydrogen-bond donors (Lipinski definition) is 1. The van der Waals surface area contributed by atoms with Gasteiger partial charge in [-0.2, -0.15) is 0 Å². The van der Waals surface area contributed by atoms with E-state index < -0.39 is 21.1 Å². The third kappa shape index (κ3) is 3.00. The fraction of sp³-hybridized carbons (Fsp3) is 0.286. The molecule has 106 valence electrons. The van der Waals surface area contributed by atoms with Crippen molar-refractivity contribution in [3.05, 3.63) is 54.4 Å². The second-order valence-corrected chi connectivity index (χ2v) is 7.10. The highest BCUT2D eigenvalue weighted by Crippen LogP contribution is 2.45. The number of aliphatic carboxylic acids is 1. The van der Waals surface area contributed by atoms with Gasteiger partial charge in [-0.3, -0.25) is 9.78 Å². The molecule has 0 aliphatic heterocycles. The number of carbonyl (C=O) groups is 1. The van der Waals surface area contributed by atoms with E-state index in [1.165, 1.54) is 6.20 Å². The Morgan fingerprint density at radius 3 is 2.70 bits per heavy atom. The van der Waals surface area contributed by atoms with Gasteiger partial charge in [-0.15, -0.1) is 0 Å². The molecular formula is C14H12Cl3NO2. The van der Waals surface area contributed by atoms with Crippen LogP contribution in [-0.2, 0) is 10.2 Å². The molecule has 0 spiro atoms. The summed E-state index contributed by atoms with van der Waals surface area (Å²) < 4.78 is -1.52. The van der Waals surface area contributed by atoms with Crippen molar-refractivity contribution in [3.63, 3.8) is 0 Å². The Hall–Kier alpha value is -1.03. The van der Waals surface area contributed by atoms with E-state index in [4.69, 9.17) is 34.8 Å². The van der Waals surface area contributed by atoms with Crippen molar-refractivity contribution in [1.29, 1.82) is 0 Å². The molecule has 1 N–H and O–H groups in total. The van der Waals surface area contributed by atoms with Crippen molar-refractivity contribution in [1.82, 2.24) is 4.98 Å². The van der Waals surface area contributed by atoms with E-state index in [-0.39, 0.29) is 6.42 Å². The lowest BCUT2D eigenvalue weighted by molar-refractivity contribution is -0.143. The van der Waals surface area contributed by atoms with E-state index in [0.29, 0.717) is 5.56 Å². The first-order chi connectivity index (χ1) is 9.36. The zero-order valence-corrected chi connectivity index (χ0v) is 12.6. The molecule has 0 saturated heterocycles. The third-order valence-electron chi connectivity index (χ3n) is 3.34. The summed E-state index contributed by atoms with van der Waals surface area (Å²) >= 11 is 17.6. The van der Waals surface area contributed by atoms with Crippen LogP contribution in [0.5, 0.6) is 0 Å². The van der Waals surface area contributed by atoms with E-state index in [1.807, 2.05) is 0 Å². The lowest BCUT2D eigenvalue weighted by Crippen LogP contribution is -2.43. The van der Waals surface area contributed by atoms with Crippen LogP contribution in [-0.4, -0.2) is 19.9 Å². The van der Waals surface area contributed by atoms with Gasteiger partial charge in [0.1, 0.15) is 5.41 Å². The predicted octanol–water partition coefficient (Wildman–Crippen LogP) is 3.91. The first-order valence-electron chi connectivity index (χ1n) is 5.93. The Morgan fingerprint density at radius 2 is 2.15 bits per heavy atom. The topological polar surface area (TPSA) is 50.2 Å². The van der Waals surface area contributed by atoms with Crippen LogP contribution in [0.25, 0.3) is 0 Å². The number of halogens is 3. The van der Waals surface area contributed by atoms with Gasteiger partial charge in [0.05, 0.1) is 0 Å². The lowest BCUT2D eigenvalue weighted by atomic mass is 9.67. The number of hydrogen-bond acceptors (Lipinski definition) is 2. The van der Waals surface area contributed by atoms with Crippen LogP contribution in [0.1, 0.15) is 12.0 Å². The molecule has 1 heterocycles. The van der Waals surface area contributed by atoms with Gasteiger partial charge in [0.25, 0.3) is 0 Å². The molecule has 3 nitrogen and oxygen atoms in total. The maximum absolute atomic E-state index is 11.9. The number of carboxylic acids is 1. The highest BCUT2D eigenvalue weighted by Gasteiger charge is 2.47. The SMILES string of the molecule is O=C(O)C1(c2cccnc2)C=CC=CC1CC(Cl)(Cl)Cl. The van der Waals surface area contributed by atoms with Gasteiger partial charge in [-0.05, 0) is 11.6 Å². The Morgan fingerprint density at radius 1 is 1.40 bits per heavy atom. The van der Waals surface area contributed by atoms with Crippen LogP contribution in [0.2, 0.25) is 0 Å². The molecule has 1 aliphatic rings. The molecule has 6 heteroatoms. The fourth-order valence-electron chi connectivity index (χ4n) is 2.43. The van der Waals surface area contributed by atoms with Crippen LogP contribution < -0.4 is 0 Å². The van der Waals surface area contributed by atoms with Gasteiger partial charge >= 0.3 is 5.97 Å². The number of nitrogens with zero attached hydrogens (tertiary/aromatic N) is 1. The molecule has 2 rings (SSSR count). The van der Waals surface area contributed by atoms with Crippen LogP contribution in [0.4, 0.5) is 0 Å². The molecule has 0 radical (unpaired) electrons. The first-order valence-corrected chi connectivity index (χ1v) is 7.06. The maximum Gasteiger partial charge on any atom is 0.318 e. The molecular weight excluding hydrogens is 321 g/mol. The molecule has 2 unspecified atom stereocenters. The molecule has 0 saturated carbocycles. The van der Waals surface area contributed by atoms with Crippen LogP contribution in [0.3, 0.4) is 0 Å². The molecule has 0 fully saturated rings. The van der Waals surface area contributed by atoms with Gasteiger partial charge in [-0.25, -0.2) is 0 Å². The van der Waals surface area contributed by atoms with Gasteiger partial charge in [0.15, 0.2) is 3.79 Å². The molecule has 0 bridgehead atoms. The third-order valence-corrected chi connectivity index (χ3v) is 3.81. The second-order valence-electron chi connectivity index (χ2n) is 4.59. The van der Waals surface area contributed by atoms with Crippen molar-refractivity contribution in [2.75, 3.05) is 0 Å². The Kier molecular flexibility index (Phi) is 4.43. The number of alkyl halides is 3. The van der Waals surface area contributed by atoms with E-state index in [1.54, 1.807) is 42.6 Å². The summed E-state index contributed by atoms with van der Waals surface area (Å²) in [5.41, 5.74) is -0.709. The van der Waals surface area contributed by atoms with E-state index in [2.05, 4.69) is 4.98 Å². The summed E-state index contributed by atoms with van der Waals surface area (Å²) in [4.78, 5) is 15.9. The minimum atomic E-state index is -1.52. The van der Waals surface area contributed by atoms with Crippen molar-refractivity contribution in [3.8, 4) is 0 Å². The zero-order valence-electron chi connectivity index (χ0n) is 10.3. The molecule has 0 aromatic carbocycles. The highest BCUT2D eigenvalue weighted by atomic mass is 35.6. The van der Waals surface area contributed by atoms with Crippen LogP contribution >= 0.6 is 34.8 Å². The molecule has 0 amide bonds. The number of aromatic nitrogens is 1. The van der Waals surface area contributed by atoms with Crippen molar-refractivity contribution in [2.24, 2.45) is 5.92 Å². The maximum atomic E-state index is 11.9. The summed E-state index contributed by atoms with van der Waals surface area (Å²) in [6.07, 6.45) is 10.0. The van der Waals surface area contributed by atoms with Crippen molar-refractivity contribution in [2.45, 2.75) is 15.6 Å². The van der Waals surface area contributed by atoms with E-state index in [0.717, 1.165) is 0 Å². The predicted molar refractivity (Wildman–Crippen MR) is 80.2 cm³/mol. The molecule has 1 aromatic heterocycles. The number of rotatable bonds is 3. The lowest BCUT2D eigenvalue weighted by Gasteiger charge is -2.36. The van der Waals surface area contributed by atoms with Gasteiger partial charge in [0, 0.05) is 24.7 Å². The monoisotopic (exact) mass is 331 g/mol. The Bertz CT molecular complexity index is 551. The van der Waals surface area contributed by atoms with Gasteiger partial charge in [-0.1, -0.05) is 65.2 Å². The molecule has 1 aliphatic carbocycles. The molecule has 20 heavy (non-hydrogen) atoms. The fourth-order valence-corrected chi connectivity index (χ4v) is 2.93. The van der Waals surface area contributed by atoms with Crippen molar-refractivity contribution < 1.29 is 9.90 Å². The van der Waals surface area contributed by atoms with E-state index >= 15 is 0 Å². The number of allylic oxidation sites excluding steroid dienone is 3. The average Bonchev–Trinajstić information content (AvgIpc) is 2.38. The van der Waals surface area contributed by atoms with Crippen LogP contribution in [0, 0.1) is 5.92 Å².